The predicted octanol–water partition coefficient (Wildman–Crippen LogP) is 3.88. The molecule has 2 nitrogen and oxygen atoms in total. The highest BCUT2D eigenvalue weighted by molar-refractivity contribution is 7.12. The van der Waals surface area contributed by atoms with Crippen LogP contribution in [0.25, 0.3) is 0 Å². The van der Waals surface area contributed by atoms with Crippen LogP contribution in [0.15, 0.2) is 23.6 Å². The van der Waals surface area contributed by atoms with Crippen LogP contribution in [0.5, 0.6) is 5.75 Å². The number of hydrogen-bond acceptors (Lipinski definition) is 4. The Hall–Kier alpha value is -0.840. The molecule has 18 heavy (non-hydrogen) atoms. The minimum atomic E-state index is 0.377. The molecule has 2 aromatic heterocycles. The van der Waals surface area contributed by atoms with Gasteiger partial charge in [-0.05, 0) is 31.7 Å². The third kappa shape index (κ3) is 3.13. The van der Waals surface area contributed by atoms with E-state index >= 15 is 0 Å². The molecule has 0 aliphatic carbocycles. The van der Waals surface area contributed by atoms with Crippen LogP contribution < -0.4 is 10.1 Å². The summed E-state index contributed by atoms with van der Waals surface area (Å²) < 4.78 is 5.25. The quantitative estimate of drug-likeness (QED) is 0.867. The Morgan fingerprint density at radius 1 is 1.33 bits per heavy atom. The Morgan fingerprint density at radius 3 is 2.67 bits per heavy atom. The Balaban J connectivity index is 2.08. The molecule has 0 aliphatic rings. The number of methoxy groups -OCH3 is 1. The van der Waals surface area contributed by atoms with Crippen molar-refractivity contribution in [2.75, 3.05) is 14.2 Å². The second-order valence-electron chi connectivity index (χ2n) is 4.16. The van der Waals surface area contributed by atoms with Crippen molar-refractivity contribution in [3.05, 3.63) is 38.2 Å². The fraction of sp³-hybridized carbons (Fsp3) is 0.429. The minimum absolute atomic E-state index is 0.377. The van der Waals surface area contributed by atoms with Gasteiger partial charge in [0.1, 0.15) is 5.75 Å². The maximum absolute atomic E-state index is 5.25. The summed E-state index contributed by atoms with van der Waals surface area (Å²) in [6.45, 7) is 2.20. The summed E-state index contributed by atoms with van der Waals surface area (Å²) >= 11 is 3.67. The summed E-state index contributed by atoms with van der Waals surface area (Å²) in [4.78, 5) is 4.24. The van der Waals surface area contributed by atoms with Gasteiger partial charge in [0, 0.05) is 32.5 Å². The molecule has 2 heterocycles. The smallest absolute Gasteiger partial charge is 0.129 e. The number of thiophene rings is 2. The van der Waals surface area contributed by atoms with Gasteiger partial charge in [-0.3, -0.25) is 0 Å². The molecule has 0 radical (unpaired) electrons. The Morgan fingerprint density at radius 2 is 2.11 bits per heavy atom. The zero-order valence-corrected chi connectivity index (χ0v) is 12.7. The SMILES string of the molecule is CCc1ccc(CC(NC)c2cc(OC)cs2)s1. The number of rotatable bonds is 6. The molecule has 1 N–H and O–H groups in total. The highest BCUT2D eigenvalue weighted by Gasteiger charge is 2.14. The van der Waals surface area contributed by atoms with Crippen molar-refractivity contribution in [3.8, 4) is 5.75 Å². The highest BCUT2D eigenvalue weighted by atomic mass is 32.1. The van der Waals surface area contributed by atoms with Crippen LogP contribution in [-0.2, 0) is 12.8 Å². The van der Waals surface area contributed by atoms with Gasteiger partial charge < -0.3 is 10.1 Å². The minimum Gasteiger partial charge on any atom is -0.496 e. The van der Waals surface area contributed by atoms with Crippen molar-refractivity contribution >= 4 is 22.7 Å². The molecular formula is C14H19NOS2. The van der Waals surface area contributed by atoms with Gasteiger partial charge >= 0.3 is 0 Å². The van der Waals surface area contributed by atoms with Gasteiger partial charge in [0.05, 0.1) is 7.11 Å². The molecule has 0 amide bonds. The van der Waals surface area contributed by atoms with Crippen molar-refractivity contribution < 1.29 is 4.74 Å². The molecule has 0 bridgehead atoms. The number of hydrogen-bond donors (Lipinski definition) is 1. The lowest BCUT2D eigenvalue weighted by Crippen LogP contribution is -2.17. The van der Waals surface area contributed by atoms with Gasteiger partial charge in [-0.1, -0.05) is 6.92 Å². The monoisotopic (exact) mass is 281 g/mol. The van der Waals surface area contributed by atoms with E-state index in [0.717, 1.165) is 18.6 Å². The average molecular weight is 281 g/mol. The molecule has 0 saturated heterocycles. The first kappa shape index (κ1) is 13.6. The third-order valence-corrected chi connectivity index (χ3v) is 5.27. The molecule has 0 spiro atoms. The van der Waals surface area contributed by atoms with E-state index < -0.39 is 0 Å². The fourth-order valence-corrected chi connectivity index (χ4v) is 3.86. The van der Waals surface area contributed by atoms with Crippen molar-refractivity contribution in [1.82, 2.24) is 5.32 Å². The van der Waals surface area contributed by atoms with Crippen molar-refractivity contribution in [1.29, 1.82) is 0 Å². The van der Waals surface area contributed by atoms with Gasteiger partial charge in [-0.15, -0.1) is 22.7 Å². The van der Waals surface area contributed by atoms with E-state index in [1.165, 1.54) is 14.6 Å². The van der Waals surface area contributed by atoms with Crippen LogP contribution in [0.4, 0.5) is 0 Å². The van der Waals surface area contributed by atoms with Gasteiger partial charge in [0.25, 0.3) is 0 Å². The molecule has 4 heteroatoms. The molecule has 0 aliphatic heterocycles. The number of aryl methyl sites for hydroxylation is 1. The average Bonchev–Trinajstić information content (AvgIpc) is 3.04. The summed E-state index contributed by atoms with van der Waals surface area (Å²) in [5.74, 6) is 0.954. The van der Waals surface area contributed by atoms with Crippen molar-refractivity contribution in [2.24, 2.45) is 0 Å². The van der Waals surface area contributed by atoms with Crippen LogP contribution in [0.2, 0.25) is 0 Å². The largest absolute Gasteiger partial charge is 0.496 e. The van der Waals surface area contributed by atoms with Gasteiger partial charge in [0.15, 0.2) is 0 Å². The van der Waals surface area contributed by atoms with Crippen LogP contribution in [0, 0.1) is 0 Å². The Kier molecular flexibility index (Phi) is 4.80. The van der Waals surface area contributed by atoms with E-state index in [1.54, 1.807) is 18.4 Å². The fourth-order valence-electron chi connectivity index (χ4n) is 1.89. The van der Waals surface area contributed by atoms with E-state index in [4.69, 9.17) is 4.74 Å². The van der Waals surface area contributed by atoms with E-state index in [0.29, 0.717) is 6.04 Å². The van der Waals surface area contributed by atoms with Crippen LogP contribution in [0.1, 0.15) is 27.6 Å². The highest BCUT2D eigenvalue weighted by Crippen LogP contribution is 2.30. The van der Waals surface area contributed by atoms with E-state index in [-0.39, 0.29) is 0 Å². The molecule has 0 fully saturated rings. The first-order chi connectivity index (χ1) is 8.76. The van der Waals surface area contributed by atoms with Crippen molar-refractivity contribution in [2.45, 2.75) is 25.8 Å². The standard InChI is InChI=1S/C14H19NOS2/c1-4-11-5-6-12(18-11)8-13(15-2)14-7-10(16-3)9-17-14/h5-7,9,13,15H,4,8H2,1-3H3. The lowest BCUT2D eigenvalue weighted by Gasteiger charge is -2.13. The summed E-state index contributed by atoms with van der Waals surface area (Å²) in [6, 6.07) is 6.99. The molecule has 2 aromatic rings. The lowest BCUT2D eigenvalue weighted by atomic mass is 10.1. The number of nitrogens with one attached hydrogen (secondary N) is 1. The number of likely N-dealkylation sites (N-methyl/N-ethyl adjacent to an activating group) is 1. The zero-order valence-electron chi connectivity index (χ0n) is 11.0. The van der Waals surface area contributed by atoms with Gasteiger partial charge in [-0.25, -0.2) is 0 Å². The second-order valence-corrected chi connectivity index (χ2v) is 6.35. The van der Waals surface area contributed by atoms with Gasteiger partial charge in [-0.2, -0.15) is 0 Å². The summed E-state index contributed by atoms with van der Waals surface area (Å²) in [5.41, 5.74) is 0. The molecule has 98 valence electrons. The first-order valence-electron chi connectivity index (χ1n) is 6.14. The van der Waals surface area contributed by atoms with Crippen molar-refractivity contribution in [3.63, 3.8) is 0 Å². The second kappa shape index (κ2) is 6.36. The molecule has 1 atom stereocenters. The summed E-state index contributed by atoms with van der Waals surface area (Å²) in [5, 5.41) is 5.45. The van der Waals surface area contributed by atoms with Gasteiger partial charge in [0.2, 0.25) is 0 Å². The maximum atomic E-state index is 5.25. The van der Waals surface area contributed by atoms with Crippen LogP contribution >= 0.6 is 22.7 Å². The summed E-state index contributed by atoms with van der Waals surface area (Å²) in [7, 11) is 3.73. The van der Waals surface area contributed by atoms with E-state index in [9.17, 15) is 0 Å². The molecule has 2 rings (SSSR count). The zero-order chi connectivity index (χ0) is 13.0. The lowest BCUT2D eigenvalue weighted by molar-refractivity contribution is 0.416. The predicted molar refractivity (Wildman–Crippen MR) is 80.1 cm³/mol. The molecule has 1 unspecified atom stereocenters. The summed E-state index contributed by atoms with van der Waals surface area (Å²) in [6.07, 6.45) is 2.17. The van der Waals surface area contributed by atoms with E-state index in [2.05, 4.69) is 35.8 Å². The molecule has 0 saturated carbocycles. The molecular weight excluding hydrogens is 262 g/mol. The Labute approximate surface area is 117 Å². The molecule has 0 aromatic carbocycles. The first-order valence-corrected chi connectivity index (χ1v) is 7.83. The topological polar surface area (TPSA) is 21.3 Å². The van der Waals surface area contributed by atoms with E-state index in [1.807, 2.05) is 18.4 Å². The third-order valence-electron chi connectivity index (χ3n) is 2.99. The maximum Gasteiger partial charge on any atom is 0.129 e. The normalized spacial score (nSPS) is 12.6. The Bertz CT molecular complexity index is 489. The number of ether oxygens (including phenoxy) is 1. The van der Waals surface area contributed by atoms with Crippen LogP contribution in [0.3, 0.4) is 0 Å². The van der Waals surface area contributed by atoms with Crippen LogP contribution in [-0.4, -0.2) is 14.2 Å².